The van der Waals surface area contributed by atoms with Gasteiger partial charge >= 0.3 is 6.18 Å². The Morgan fingerprint density at radius 3 is 2.63 bits per heavy atom. The molecule has 10 nitrogen and oxygen atoms in total. The maximum Gasteiger partial charge on any atom is 0.416 e. The van der Waals surface area contributed by atoms with Crippen LogP contribution in [0.3, 0.4) is 0 Å². The molecule has 1 fully saturated rings. The van der Waals surface area contributed by atoms with E-state index in [0.717, 1.165) is 30.7 Å². The predicted octanol–water partition coefficient (Wildman–Crippen LogP) is 5.32. The molecule has 0 bridgehead atoms. The summed E-state index contributed by atoms with van der Waals surface area (Å²) in [6, 6.07) is 10.2. The van der Waals surface area contributed by atoms with Gasteiger partial charge in [0.1, 0.15) is 17.9 Å². The molecule has 0 saturated carbocycles. The molecule has 1 atom stereocenters. The maximum atomic E-state index is 14.9. The van der Waals surface area contributed by atoms with Gasteiger partial charge in [0.2, 0.25) is 11.8 Å². The van der Waals surface area contributed by atoms with E-state index in [1.54, 1.807) is 19.2 Å². The van der Waals surface area contributed by atoms with Crippen LogP contribution in [-0.4, -0.2) is 71.0 Å². The fourth-order valence-corrected chi connectivity index (χ4v) is 4.70. The van der Waals surface area contributed by atoms with E-state index in [1.165, 1.54) is 24.7 Å². The summed E-state index contributed by atoms with van der Waals surface area (Å²) < 4.78 is 61.6. The van der Waals surface area contributed by atoms with Crippen LogP contribution in [0.2, 0.25) is 0 Å². The lowest BCUT2D eigenvalue weighted by molar-refractivity contribution is -0.137. The van der Waals surface area contributed by atoms with Crippen LogP contribution in [0.5, 0.6) is 11.6 Å². The third-order valence-electron chi connectivity index (χ3n) is 7.01. The van der Waals surface area contributed by atoms with Gasteiger partial charge in [0.25, 0.3) is 5.91 Å². The molecule has 1 aliphatic rings. The van der Waals surface area contributed by atoms with E-state index in [2.05, 4.69) is 30.6 Å². The molecule has 224 valence electrons. The van der Waals surface area contributed by atoms with Gasteiger partial charge in [-0.15, -0.1) is 0 Å². The van der Waals surface area contributed by atoms with Gasteiger partial charge in [-0.3, -0.25) is 4.79 Å². The van der Waals surface area contributed by atoms with Crippen molar-refractivity contribution in [1.29, 1.82) is 0 Å². The van der Waals surface area contributed by atoms with E-state index < -0.39 is 29.0 Å². The summed E-state index contributed by atoms with van der Waals surface area (Å²) in [4.78, 5) is 33.9. The molecular weight excluding hydrogens is 568 g/mol. The molecule has 43 heavy (non-hydrogen) atoms. The van der Waals surface area contributed by atoms with Crippen LogP contribution in [0.25, 0.3) is 11.4 Å². The van der Waals surface area contributed by atoms with Crippen molar-refractivity contribution >= 4 is 23.2 Å². The first-order chi connectivity index (χ1) is 20.5. The van der Waals surface area contributed by atoms with Gasteiger partial charge in [-0.1, -0.05) is 0 Å². The molecule has 1 saturated heterocycles. The van der Waals surface area contributed by atoms with Crippen LogP contribution in [0, 0.1) is 5.82 Å². The lowest BCUT2D eigenvalue weighted by Crippen LogP contribution is -2.31. The monoisotopic (exact) mass is 596 g/mol. The molecule has 0 radical (unpaired) electrons. The molecule has 2 N–H and O–H groups in total. The van der Waals surface area contributed by atoms with Crippen molar-refractivity contribution in [3.8, 4) is 23.0 Å². The average molecular weight is 597 g/mol. The number of hydrogen-bond donors (Lipinski definition) is 2. The van der Waals surface area contributed by atoms with Gasteiger partial charge in [-0.25, -0.2) is 19.3 Å². The van der Waals surface area contributed by atoms with E-state index in [0.29, 0.717) is 30.3 Å². The number of likely N-dealkylation sites (N-methyl/N-ethyl adjacent to an activating group) is 1. The van der Waals surface area contributed by atoms with Crippen LogP contribution in [0.15, 0.2) is 61.1 Å². The quantitative estimate of drug-likeness (QED) is 0.261. The van der Waals surface area contributed by atoms with Crippen LogP contribution >= 0.6 is 0 Å². The molecular formula is C29H28F4N8O2. The van der Waals surface area contributed by atoms with Crippen molar-refractivity contribution < 1.29 is 27.1 Å². The van der Waals surface area contributed by atoms with E-state index in [9.17, 15) is 22.4 Å². The highest BCUT2D eigenvalue weighted by molar-refractivity contribution is 6.06. The zero-order valence-corrected chi connectivity index (χ0v) is 23.5. The first-order valence-corrected chi connectivity index (χ1v) is 13.3. The number of ether oxygens (including phenoxy) is 1. The van der Waals surface area contributed by atoms with E-state index in [-0.39, 0.29) is 29.2 Å². The molecule has 0 spiro atoms. The lowest BCUT2D eigenvalue weighted by Gasteiger charge is -2.25. The smallest absolute Gasteiger partial charge is 0.416 e. The van der Waals surface area contributed by atoms with E-state index in [1.807, 2.05) is 23.9 Å². The van der Waals surface area contributed by atoms with Gasteiger partial charge in [-0.05, 0) is 69.0 Å². The minimum Gasteiger partial charge on any atom is -0.438 e. The number of benzene rings is 2. The summed E-state index contributed by atoms with van der Waals surface area (Å²) >= 11 is 0. The SMILES string of the molecule is CNc1ncnc(-c2cccnc2Oc2ccc(F)c(C(=O)Nc3cc(C(F)(F)F)ccc3N3CC[C@H](N(C)C)C3)c2)n1. The number of pyridine rings is 1. The Bertz CT molecular complexity index is 1630. The number of nitrogens with zero attached hydrogens (tertiary/aromatic N) is 6. The summed E-state index contributed by atoms with van der Waals surface area (Å²) in [6.07, 6.45) is -1.05. The van der Waals surface area contributed by atoms with Gasteiger partial charge in [0.05, 0.1) is 28.1 Å². The summed E-state index contributed by atoms with van der Waals surface area (Å²) in [5.41, 5.74) is -0.618. The van der Waals surface area contributed by atoms with Crippen molar-refractivity contribution in [1.82, 2.24) is 24.8 Å². The first kappa shape index (κ1) is 29.6. The summed E-state index contributed by atoms with van der Waals surface area (Å²) in [5, 5.41) is 5.32. The Morgan fingerprint density at radius 2 is 1.91 bits per heavy atom. The number of rotatable bonds is 8. The van der Waals surface area contributed by atoms with Gasteiger partial charge in [-0.2, -0.15) is 18.2 Å². The van der Waals surface area contributed by atoms with Crippen LogP contribution in [0.1, 0.15) is 22.3 Å². The zero-order valence-electron chi connectivity index (χ0n) is 23.5. The van der Waals surface area contributed by atoms with Gasteiger partial charge in [0.15, 0.2) is 5.82 Å². The summed E-state index contributed by atoms with van der Waals surface area (Å²) in [5.74, 6) is -1.10. The minimum absolute atomic E-state index is 0.0621. The second-order valence-electron chi connectivity index (χ2n) is 10.0. The van der Waals surface area contributed by atoms with Crippen molar-refractivity contribution in [3.05, 3.63) is 78.0 Å². The molecule has 5 rings (SSSR count). The average Bonchev–Trinajstić information content (AvgIpc) is 3.48. The zero-order chi connectivity index (χ0) is 30.7. The third-order valence-corrected chi connectivity index (χ3v) is 7.01. The van der Waals surface area contributed by atoms with E-state index >= 15 is 0 Å². The highest BCUT2D eigenvalue weighted by atomic mass is 19.4. The molecule has 2 aromatic carbocycles. The second kappa shape index (κ2) is 12.2. The number of hydrogen-bond acceptors (Lipinski definition) is 9. The van der Waals surface area contributed by atoms with Crippen LogP contribution in [0.4, 0.5) is 34.9 Å². The number of halogens is 4. The molecule has 1 amide bonds. The van der Waals surface area contributed by atoms with Crippen molar-refractivity contribution in [2.24, 2.45) is 0 Å². The Labute approximate surface area is 244 Å². The number of aromatic nitrogens is 4. The third kappa shape index (κ3) is 6.64. The number of anilines is 3. The number of nitrogens with one attached hydrogen (secondary N) is 2. The molecule has 2 aromatic heterocycles. The predicted molar refractivity (Wildman–Crippen MR) is 153 cm³/mol. The Hall–Kier alpha value is -4.85. The molecule has 3 heterocycles. The van der Waals surface area contributed by atoms with Crippen molar-refractivity contribution in [2.75, 3.05) is 49.8 Å². The Kier molecular flexibility index (Phi) is 8.39. The second-order valence-corrected chi connectivity index (χ2v) is 10.0. The molecule has 1 aliphatic heterocycles. The van der Waals surface area contributed by atoms with Crippen molar-refractivity contribution in [2.45, 2.75) is 18.6 Å². The topological polar surface area (TPSA) is 108 Å². The van der Waals surface area contributed by atoms with Crippen LogP contribution in [-0.2, 0) is 6.18 Å². The normalized spacial score (nSPS) is 15.1. The summed E-state index contributed by atoms with van der Waals surface area (Å²) in [7, 11) is 5.51. The minimum atomic E-state index is -4.64. The largest absolute Gasteiger partial charge is 0.438 e. The Morgan fingerprint density at radius 1 is 1.09 bits per heavy atom. The lowest BCUT2D eigenvalue weighted by atomic mass is 10.1. The van der Waals surface area contributed by atoms with E-state index in [4.69, 9.17) is 4.74 Å². The first-order valence-electron chi connectivity index (χ1n) is 13.3. The highest BCUT2D eigenvalue weighted by Gasteiger charge is 2.33. The van der Waals surface area contributed by atoms with Gasteiger partial charge in [0, 0.05) is 32.4 Å². The number of carbonyl (C=O) groups is 1. The maximum absolute atomic E-state index is 14.9. The van der Waals surface area contributed by atoms with Crippen molar-refractivity contribution in [3.63, 3.8) is 0 Å². The number of alkyl halides is 3. The fourth-order valence-electron chi connectivity index (χ4n) is 4.70. The molecule has 4 aromatic rings. The standard InChI is InChI=1S/C29H28F4N8O2/c1-34-28-37-16-36-25(39-28)20-5-4-11-35-27(20)43-19-7-8-22(30)21(14-19)26(42)38-23-13-17(29(31,32)33)6-9-24(23)41-12-10-18(15-41)40(2)3/h4-9,11,13-14,16,18H,10,12,15H2,1-3H3,(H,38,42)(H,34,36,37,39)/t18-/m0/s1. The van der Waals surface area contributed by atoms with Gasteiger partial charge < -0.3 is 25.2 Å². The summed E-state index contributed by atoms with van der Waals surface area (Å²) in [6.45, 7) is 1.14. The molecule has 0 aliphatic carbocycles. The highest BCUT2D eigenvalue weighted by Crippen LogP contribution is 2.37. The molecule has 14 heteroatoms. The number of carbonyl (C=O) groups excluding carboxylic acids is 1. The Balaban J connectivity index is 1.44. The molecule has 0 unspecified atom stereocenters. The van der Waals surface area contributed by atoms with Crippen LogP contribution < -0.4 is 20.3 Å². The fraction of sp³-hybridized carbons (Fsp3) is 0.276. The number of amides is 1.